The summed E-state index contributed by atoms with van der Waals surface area (Å²) < 4.78 is 37.5. The minimum atomic E-state index is -4.68. The molecule has 0 saturated carbocycles. The van der Waals surface area contributed by atoms with E-state index in [4.69, 9.17) is 0 Å². The van der Waals surface area contributed by atoms with Crippen LogP contribution >= 0.6 is 0 Å². The second-order valence-corrected chi connectivity index (χ2v) is 4.76. The minimum absolute atomic E-state index is 0.0781. The lowest BCUT2D eigenvalue weighted by molar-refractivity contribution is -0.384. The molecule has 0 bridgehead atoms. The first kappa shape index (κ1) is 16.7. The number of rotatable bonds is 5. The summed E-state index contributed by atoms with van der Waals surface area (Å²) in [7, 11) is 0. The Labute approximate surface area is 118 Å². The first-order valence-corrected chi connectivity index (χ1v) is 6.01. The molecule has 21 heavy (non-hydrogen) atoms. The number of alkyl halides is 3. The molecule has 0 atom stereocenters. The van der Waals surface area contributed by atoms with Crippen LogP contribution in [0.1, 0.15) is 25.8 Å². The number of nitrogens with zero attached hydrogens (tertiary/aromatic N) is 1. The summed E-state index contributed by atoms with van der Waals surface area (Å²) in [5.74, 6) is -0.339. The maximum Gasteiger partial charge on any atom is 0.416 e. The molecule has 0 aliphatic heterocycles. The van der Waals surface area contributed by atoms with Crippen LogP contribution in [-0.4, -0.2) is 10.8 Å². The van der Waals surface area contributed by atoms with E-state index in [-0.39, 0.29) is 18.0 Å². The fraction of sp³-hybridized carbons (Fsp3) is 0.417. The highest BCUT2D eigenvalue weighted by Crippen LogP contribution is 2.34. The topological polar surface area (TPSA) is 84.3 Å². The number of halogens is 3. The zero-order valence-corrected chi connectivity index (χ0v) is 11.3. The van der Waals surface area contributed by atoms with Crippen molar-refractivity contribution in [1.82, 2.24) is 5.43 Å². The molecular formula is C12H14F3N3O3. The number of nitro groups is 1. The number of hydrogen-bond donors (Lipinski definition) is 2. The number of nitrogens with one attached hydrogen (secondary N) is 2. The van der Waals surface area contributed by atoms with Crippen LogP contribution in [0.3, 0.4) is 0 Å². The first-order valence-electron chi connectivity index (χ1n) is 6.01. The molecule has 1 aromatic carbocycles. The van der Waals surface area contributed by atoms with Gasteiger partial charge < -0.3 is 0 Å². The van der Waals surface area contributed by atoms with Crippen molar-refractivity contribution in [1.29, 1.82) is 0 Å². The number of hydrazine groups is 1. The van der Waals surface area contributed by atoms with E-state index in [9.17, 15) is 28.1 Å². The third-order valence-electron chi connectivity index (χ3n) is 2.45. The molecule has 0 heterocycles. The van der Waals surface area contributed by atoms with Crippen molar-refractivity contribution in [3.63, 3.8) is 0 Å². The van der Waals surface area contributed by atoms with Crippen molar-refractivity contribution < 1.29 is 22.9 Å². The Kier molecular flexibility index (Phi) is 5.12. The zero-order chi connectivity index (χ0) is 16.2. The Morgan fingerprint density at radius 3 is 2.48 bits per heavy atom. The van der Waals surface area contributed by atoms with E-state index in [0.717, 1.165) is 6.07 Å². The molecule has 0 spiro atoms. The number of amides is 1. The number of carbonyl (C=O) groups is 1. The fourth-order valence-electron chi connectivity index (χ4n) is 1.52. The van der Waals surface area contributed by atoms with Gasteiger partial charge in [-0.25, -0.2) is 0 Å². The second-order valence-electron chi connectivity index (χ2n) is 4.76. The molecule has 0 radical (unpaired) electrons. The van der Waals surface area contributed by atoms with Crippen molar-refractivity contribution in [3.8, 4) is 0 Å². The highest BCUT2D eigenvalue weighted by Gasteiger charge is 2.33. The molecule has 1 amide bonds. The average Bonchev–Trinajstić information content (AvgIpc) is 2.34. The molecule has 0 unspecified atom stereocenters. The summed E-state index contributed by atoms with van der Waals surface area (Å²) in [4.78, 5) is 21.3. The van der Waals surface area contributed by atoms with Gasteiger partial charge in [0.15, 0.2) is 0 Å². The van der Waals surface area contributed by atoms with Gasteiger partial charge in [0.05, 0.1) is 10.5 Å². The van der Waals surface area contributed by atoms with Gasteiger partial charge in [-0.05, 0) is 18.1 Å². The molecule has 116 valence electrons. The third kappa shape index (κ3) is 4.93. The van der Waals surface area contributed by atoms with E-state index >= 15 is 0 Å². The predicted octanol–water partition coefficient (Wildman–Crippen LogP) is 3.10. The van der Waals surface area contributed by atoms with E-state index in [2.05, 4.69) is 10.9 Å². The predicted molar refractivity (Wildman–Crippen MR) is 69.3 cm³/mol. The van der Waals surface area contributed by atoms with Gasteiger partial charge in [-0.2, -0.15) is 13.2 Å². The lowest BCUT2D eigenvalue weighted by atomic mass is 10.1. The molecule has 0 aliphatic carbocycles. The van der Waals surface area contributed by atoms with Gasteiger partial charge in [0.2, 0.25) is 5.91 Å². The molecule has 0 aromatic heterocycles. The van der Waals surface area contributed by atoms with Crippen LogP contribution in [0.5, 0.6) is 0 Å². The Balaban J connectivity index is 2.92. The van der Waals surface area contributed by atoms with Crippen LogP contribution in [-0.2, 0) is 11.0 Å². The number of anilines is 1. The van der Waals surface area contributed by atoms with Crippen LogP contribution in [0.4, 0.5) is 24.5 Å². The summed E-state index contributed by atoms with van der Waals surface area (Å²) >= 11 is 0. The number of hydrogen-bond acceptors (Lipinski definition) is 4. The van der Waals surface area contributed by atoms with Gasteiger partial charge in [0, 0.05) is 12.5 Å². The van der Waals surface area contributed by atoms with Gasteiger partial charge in [0.1, 0.15) is 5.69 Å². The standard InChI is InChI=1S/C12H14F3N3O3/c1-7(2)5-11(19)17-16-9-4-3-8(12(13,14)15)6-10(9)18(20)21/h3-4,6-7,16H,5H2,1-2H3,(H,17,19). The highest BCUT2D eigenvalue weighted by atomic mass is 19.4. The van der Waals surface area contributed by atoms with Crippen LogP contribution in [0.2, 0.25) is 0 Å². The first-order chi connectivity index (χ1) is 9.61. The SMILES string of the molecule is CC(C)CC(=O)NNc1ccc(C(F)(F)F)cc1[N+](=O)[O-]. The molecule has 0 fully saturated rings. The van der Waals surface area contributed by atoms with Crippen LogP contribution in [0, 0.1) is 16.0 Å². The van der Waals surface area contributed by atoms with Gasteiger partial charge in [-0.3, -0.25) is 25.8 Å². The second kappa shape index (κ2) is 6.42. The van der Waals surface area contributed by atoms with Gasteiger partial charge in [-0.15, -0.1) is 0 Å². The smallest absolute Gasteiger partial charge is 0.292 e. The quantitative estimate of drug-likeness (QED) is 0.646. The molecule has 0 aliphatic rings. The fourth-order valence-corrected chi connectivity index (χ4v) is 1.52. The maximum atomic E-state index is 12.5. The van der Waals surface area contributed by atoms with Crippen molar-refractivity contribution in [2.45, 2.75) is 26.4 Å². The van der Waals surface area contributed by atoms with Crippen molar-refractivity contribution in [2.24, 2.45) is 5.92 Å². The summed E-state index contributed by atoms with van der Waals surface area (Å²) in [5, 5.41) is 10.8. The third-order valence-corrected chi connectivity index (χ3v) is 2.45. The largest absolute Gasteiger partial charge is 0.416 e. The Bertz CT molecular complexity index is 544. The van der Waals surface area contributed by atoms with Crippen LogP contribution in [0.15, 0.2) is 18.2 Å². The van der Waals surface area contributed by atoms with Crippen LogP contribution < -0.4 is 10.9 Å². The Morgan fingerprint density at radius 2 is 2.00 bits per heavy atom. The molecule has 1 aromatic rings. The van der Waals surface area contributed by atoms with Crippen LogP contribution in [0.25, 0.3) is 0 Å². The Hall–Kier alpha value is -2.32. The van der Waals surface area contributed by atoms with Gasteiger partial charge in [0.25, 0.3) is 5.69 Å². The number of nitro benzene ring substituents is 1. The van der Waals surface area contributed by atoms with Crippen molar-refractivity contribution >= 4 is 17.3 Å². The average molecular weight is 305 g/mol. The summed E-state index contributed by atoms with van der Waals surface area (Å²) in [6.45, 7) is 3.61. The molecule has 9 heteroatoms. The van der Waals surface area contributed by atoms with E-state index < -0.39 is 28.3 Å². The molecule has 6 nitrogen and oxygen atoms in total. The maximum absolute atomic E-state index is 12.5. The number of carbonyl (C=O) groups excluding carboxylic acids is 1. The molecule has 1 rings (SSSR count). The normalized spacial score (nSPS) is 11.3. The monoisotopic (exact) mass is 305 g/mol. The van der Waals surface area contributed by atoms with Crippen molar-refractivity contribution in [3.05, 3.63) is 33.9 Å². The van der Waals surface area contributed by atoms with E-state index in [1.54, 1.807) is 13.8 Å². The van der Waals surface area contributed by atoms with Gasteiger partial charge in [-0.1, -0.05) is 13.8 Å². The summed E-state index contributed by atoms with van der Waals surface area (Å²) in [5.41, 5.74) is 2.36. The van der Waals surface area contributed by atoms with E-state index in [1.165, 1.54) is 0 Å². The lowest BCUT2D eigenvalue weighted by Gasteiger charge is -2.12. The minimum Gasteiger partial charge on any atom is -0.292 e. The lowest BCUT2D eigenvalue weighted by Crippen LogP contribution is -2.30. The summed E-state index contributed by atoms with van der Waals surface area (Å²) in [6, 6.07) is 2.01. The molecule has 0 saturated heterocycles. The highest BCUT2D eigenvalue weighted by molar-refractivity contribution is 5.78. The molecular weight excluding hydrogens is 291 g/mol. The van der Waals surface area contributed by atoms with E-state index in [0.29, 0.717) is 12.1 Å². The van der Waals surface area contributed by atoms with Crippen molar-refractivity contribution in [2.75, 3.05) is 5.43 Å². The number of benzene rings is 1. The van der Waals surface area contributed by atoms with E-state index in [1.807, 2.05) is 0 Å². The summed E-state index contributed by atoms with van der Waals surface area (Å²) in [6.07, 6.45) is -4.49. The Morgan fingerprint density at radius 1 is 1.38 bits per heavy atom. The molecule has 2 N–H and O–H groups in total. The van der Waals surface area contributed by atoms with Gasteiger partial charge >= 0.3 is 6.18 Å². The zero-order valence-electron chi connectivity index (χ0n) is 11.3.